The van der Waals surface area contributed by atoms with Crippen LogP contribution in [0, 0.1) is 5.82 Å². The summed E-state index contributed by atoms with van der Waals surface area (Å²) in [6, 6.07) is 11.4. The van der Waals surface area contributed by atoms with E-state index in [0.717, 1.165) is 0 Å². The van der Waals surface area contributed by atoms with Crippen LogP contribution in [0.1, 0.15) is 44.0 Å². The summed E-state index contributed by atoms with van der Waals surface area (Å²) in [5.74, 6) is -0.558. The summed E-state index contributed by atoms with van der Waals surface area (Å²) in [5, 5.41) is 13.2. The Kier molecular flexibility index (Phi) is 9.34. The van der Waals surface area contributed by atoms with Gasteiger partial charge >= 0.3 is 12.2 Å². The van der Waals surface area contributed by atoms with E-state index in [1.807, 2.05) is 9.80 Å². The molecule has 12 heteroatoms. The number of piperazine rings is 1. The molecule has 2 aromatic carbocycles. The van der Waals surface area contributed by atoms with Crippen molar-refractivity contribution in [2.45, 2.75) is 51.5 Å². The van der Waals surface area contributed by atoms with E-state index in [1.165, 1.54) is 11.0 Å². The highest BCUT2D eigenvalue weighted by Gasteiger charge is 2.34. The fourth-order valence-corrected chi connectivity index (χ4v) is 4.83. The van der Waals surface area contributed by atoms with Crippen LogP contribution in [0.25, 0.3) is 0 Å². The number of ether oxygens (including phenoxy) is 2. The molecule has 2 aliphatic rings. The number of nitrogens with two attached hydrogens (primary N) is 1. The van der Waals surface area contributed by atoms with Gasteiger partial charge in [-0.1, -0.05) is 12.1 Å². The van der Waals surface area contributed by atoms with E-state index in [2.05, 4.69) is 5.32 Å². The topological polar surface area (TPSA) is 138 Å². The average molecular weight is 572 g/mol. The van der Waals surface area contributed by atoms with Gasteiger partial charge in [0.2, 0.25) is 0 Å². The molecule has 0 radical (unpaired) electrons. The largest absolute Gasteiger partial charge is 0.444 e. The lowest BCUT2D eigenvalue weighted by atomic mass is 10.1. The molecule has 2 aromatic rings. The highest BCUT2D eigenvalue weighted by atomic mass is 19.1. The molecule has 0 spiro atoms. The van der Waals surface area contributed by atoms with Crippen molar-refractivity contribution in [1.29, 1.82) is 0 Å². The van der Waals surface area contributed by atoms with E-state index in [4.69, 9.17) is 15.2 Å². The zero-order chi connectivity index (χ0) is 29.7. The van der Waals surface area contributed by atoms with Crippen molar-refractivity contribution in [1.82, 2.24) is 10.2 Å². The van der Waals surface area contributed by atoms with Crippen LogP contribution in [-0.4, -0.2) is 85.2 Å². The average Bonchev–Trinajstić information content (AvgIpc) is 3.30. The first-order chi connectivity index (χ1) is 19.4. The lowest BCUT2D eigenvalue weighted by Gasteiger charge is -2.38. The molecular formula is C29H38FN5O6. The van der Waals surface area contributed by atoms with Crippen molar-refractivity contribution in [3.05, 3.63) is 53.8 Å². The predicted molar refractivity (Wildman–Crippen MR) is 152 cm³/mol. The number of benzene rings is 2. The zero-order valence-electron chi connectivity index (χ0n) is 23.6. The Bertz CT molecular complexity index is 1260. The Morgan fingerprint density at radius 2 is 1.90 bits per heavy atom. The van der Waals surface area contributed by atoms with Crippen molar-refractivity contribution < 1.29 is 33.4 Å². The number of hydrogen-bond acceptors (Lipinski definition) is 9. The molecule has 1 unspecified atom stereocenters. The Hall–Kier alpha value is -3.90. The SMILES string of the molecule is CC(C)(C)OC(=O)NC[C@H]1CN(c2ccc(N3CCN(C(O)CCC(=O)c4cccc(N)c4)CC3)c(F)c2)C(=O)O1. The summed E-state index contributed by atoms with van der Waals surface area (Å²) in [4.78, 5) is 41.8. The number of halogens is 1. The van der Waals surface area contributed by atoms with Crippen LogP contribution in [0.2, 0.25) is 0 Å². The van der Waals surface area contributed by atoms with Gasteiger partial charge in [-0.25, -0.2) is 14.0 Å². The van der Waals surface area contributed by atoms with Gasteiger partial charge in [0.15, 0.2) is 5.78 Å². The van der Waals surface area contributed by atoms with Crippen LogP contribution < -0.4 is 20.9 Å². The standard InChI is InChI=1S/C29H38FN5O6/c1-29(2,3)41-27(38)32-17-22-18-35(28(39)40-22)21-7-8-24(23(30)16-21)33-11-13-34(14-12-33)26(37)10-9-25(36)19-5-4-6-20(31)15-19/h4-8,15-16,22,26,37H,9-14,17-18,31H2,1-3H3,(H,32,38)/t22-,26?/m0/s1. The third kappa shape index (κ3) is 8.08. The molecule has 0 bridgehead atoms. The minimum Gasteiger partial charge on any atom is -0.444 e. The second-order valence-corrected chi connectivity index (χ2v) is 11.2. The van der Waals surface area contributed by atoms with Crippen LogP contribution in [-0.2, 0) is 9.47 Å². The molecule has 2 aliphatic heterocycles. The second kappa shape index (κ2) is 12.7. The van der Waals surface area contributed by atoms with Gasteiger partial charge in [0, 0.05) is 43.9 Å². The molecule has 2 saturated heterocycles. The van der Waals surface area contributed by atoms with Gasteiger partial charge in [-0.3, -0.25) is 14.6 Å². The van der Waals surface area contributed by atoms with Crippen molar-refractivity contribution in [2.75, 3.05) is 54.8 Å². The number of nitrogen functional groups attached to an aromatic ring is 1. The van der Waals surface area contributed by atoms with E-state index in [9.17, 15) is 19.5 Å². The van der Waals surface area contributed by atoms with Gasteiger partial charge in [0.1, 0.15) is 23.8 Å². The minimum atomic E-state index is -0.784. The molecule has 2 atom stereocenters. The molecule has 0 aromatic heterocycles. The minimum absolute atomic E-state index is 0.0723. The molecule has 11 nitrogen and oxygen atoms in total. The fraction of sp³-hybridized carbons (Fsp3) is 0.483. The number of rotatable bonds is 9. The zero-order valence-corrected chi connectivity index (χ0v) is 23.6. The molecular weight excluding hydrogens is 533 g/mol. The Morgan fingerprint density at radius 3 is 2.56 bits per heavy atom. The smallest absolute Gasteiger partial charge is 0.414 e. The van der Waals surface area contributed by atoms with Crippen molar-refractivity contribution in [2.24, 2.45) is 0 Å². The maximum atomic E-state index is 15.2. The normalized spacial score (nSPS) is 18.7. The number of nitrogens with zero attached hydrogens (tertiary/aromatic N) is 3. The highest BCUT2D eigenvalue weighted by Crippen LogP contribution is 2.29. The molecule has 0 saturated carbocycles. The first kappa shape index (κ1) is 30.1. The number of carbonyl (C=O) groups is 3. The van der Waals surface area contributed by atoms with E-state index in [-0.39, 0.29) is 31.7 Å². The van der Waals surface area contributed by atoms with Crippen molar-refractivity contribution >= 4 is 35.0 Å². The van der Waals surface area contributed by atoms with Crippen LogP contribution >= 0.6 is 0 Å². The van der Waals surface area contributed by atoms with Gasteiger partial charge in [-0.2, -0.15) is 0 Å². The van der Waals surface area contributed by atoms with Crippen LogP contribution in [0.3, 0.4) is 0 Å². The number of nitrogens with one attached hydrogen (secondary N) is 1. The van der Waals surface area contributed by atoms with Crippen LogP contribution in [0.15, 0.2) is 42.5 Å². The molecule has 0 aliphatic carbocycles. The van der Waals surface area contributed by atoms with Gasteiger partial charge in [0.25, 0.3) is 0 Å². The van der Waals surface area contributed by atoms with Gasteiger partial charge in [-0.05, 0) is 57.5 Å². The summed E-state index contributed by atoms with van der Waals surface area (Å²) in [7, 11) is 0. The number of amides is 2. The lowest BCUT2D eigenvalue weighted by molar-refractivity contribution is -0.00607. The number of cyclic esters (lactones) is 1. The molecule has 4 rings (SSSR count). The maximum absolute atomic E-state index is 15.2. The van der Waals surface area contributed by atoms with E-state index < -0.39 is 35.9 Å². The Balaban J connectivity index is 1.25. The second-order valence-electron chi connectivity index (χ2n) is 11.2. The molecule has 2 heterocycles. The number of carbonyl (C=O) groups excluding carboxylic acids is 3. The number of Topliss-reactive ketones (excluding diaryl/α,β-unsaturated/α-hetero) is 1. The monoisotopic (exact) mass is 571 g/mol. The summed E-state index contributed by atoms with van der Waals surface area (Å²) >= 11 is 0. The van der Waals surface area contributed by atoms with Gasteiger partial charge in [0.05, 0.1) is 24.5 Å². The summed E-state index contributed by atoms with van der Waals surface area (Å²) in [6.07, 6.45) is -2.13. The van der Waals surface area contributed by atoms with Crippen LogP contribution in [0.5, 0.6) is 0 Å². The first-order valence-electron chi connectivity index (χ1n) is 13.7. The number of anilines is 3. The molecule has 2 amide bonds. The summed E-state index contributed by atoms with van der Waals surface area (Å²) < 4.78 is 25.7. The summed E-state index contributed by atoms with van der Waals surface area (Å²) in [6.45, 7) is 7.45. The van der Waals surface area contributed by atoms with Crippen molar-refractivity contribution in [3.63, 3.8) is 0 Å². The van der Waals surface area contributed by atoms with Gasteiger partial charge in [-0.15, -0.1) is 0 Å². The lowest BCUT2D eigenvalue weighted by Crippen LogP contribution is -2.50. The molecule has 2 fully saturated rings. The number of ketones is 1. The maximum Gasteiger partial charge on any atom is 0.414 e. The number of aliphatic hydroxyl groups excluding tert-OH is 1. The summed E-state index contributed by atoms with van der Waals surface area (Å²) in [5.41, 5.74) is 6.90. The highest BCUT2D eigenvalue weighted by molar-refractivity contribution is 5.96. The Labute approximate surface area is 239 Å². The Morgan fingerprint density at radius 1 is 1.17 bits per heavy atom. The third-order valence-electron chi connectivity index (χ3n) is 6.90. The third-order valence-corrected chi connectivity index (χ3v) is 6.90. The predicted octanol–water partition coefficient (Wildman–Crippen LogP) is 3.36. The fourth-order valence-electron chi connectivity index (χ4n) is 4.83. The van der Waals surface area contributed by atoms with Crippen molar-refractivity contribution in [3.8, 4) is 0 Å². The number of aliphatic hydroxyl groups is 1. The molecule has 222 valence electrons. The van der Waals surface area contributed by atoms with Crippen LogP contribution in [0.4, 0.5) is 31.0 Å². The van der Waals surface area contributed by atoms with E-state index in [0.29, 0.717) is 48.8 Å². The first-order valence-corrected chi connectivity index (χ1v) is 13.7. The molecule has 4 N–H and O–H groups in total. The van der Waals surface area contributed by atoms with E-state index >= 15 is 4.39 Å². The van der Waals surface area contributed by atoms with Gasteiger partial charge < -0.3 is 30.5 Å². The quantitative estimate of drug-likeness (QED) is 0.306. The molecule has 41 heavy (non-hydrogen) atoms. The number of alkyl carbamates (subject to hydrolysis) is 1. The number of hydrogen-bond donors (Lipinski definition) is 3. The van der Waals surface area contributed by atoms with E-state index in [1.54, 1.807) is 57.2 Å².